The van der Waals surface area contributed by atoms with Gasteiger partial charge in [-0.15, -0.1) is 0 Å². The van der Waals surface area contributed by atoms with E-state index in [1.165, 1.54) is 6.08 Å². The van der Waals surface area contributed by atoms with Gasteiger partial charge in [0.2, 0.25) is 0 Å². The summed E-state index contributed by atoms with van der Waals surface area (Å²) in [4.78, 5) is 0. The van der Waals surface area contributed by atoms with Gasteiger partial charge in [0.1, 0.15) is 6.17 Å². The van der Waals surface area contributed by atoms with Crippen LogP contribution in [-0.2, 0) is 0 Å². The lowest BCUT2D eigenvalue weighted by atomic mass is 10.0. The maximum atomic E-state index is 12.3. The molecule has 8 heavy (non-hydrogen) atoms. The molecule has 0 aromatic rings. The quantitative estimate of drug-likeness (QED) is 0.494. The highest BCUT2D eigenvalue weighted by atomic mass is 19.1. The van der Waals surface area contributed by atoms with Crippen molar-refractivity contribution in [3.8, 4) is 0 Å². The van der Waals surface area contributed by atoms with Crippen LogP contribution in [0.25, 0.3) is 0 Å². The van der Waals surface area contributed by atoms with Crippen molar-refractivity contribution in [2.75, 3.05) is 0 Å². The number of rotatable bonds is 0. The third-order valence-electron chi connectivity index (χ3n) is 1.22. The predicted molar refractivity (Wildman–Crippen MR) is 31.0 cm³/mol. The highest BCUT2D eigenvalue weighted by molar-refractivity contribution is 5.96. The van der Waals surface area contributed by atoms with Gasteiger partial charge in [-0.25, -0.2) is 4.39 Å². The van der Waals surface area contributed by atoms with Crippen LogP contribution in [0.1, 0.15) is 12.8 Å². The molecule has 44 valence electrons. The van der Waals surface area contributed by atoms with Gasteiger partial charge >= 0.3 is 0 Å². The molecule has 2 heteroatoms. The van der Waals surface area contributed by atoms with Crippen molar-refractivity contribution >= 4 is 5.71 Å². The Bertz CT molecular complexity index is 128. The highest BCUT2D eigenvalue weighted by Crippen LogP contribution is 2.10. The summed E-state index contributed by atoms with van der Waals surface area (Å²) in [6.07, 6.45) is 3.64. The van der Waals surface area contributed by atoms with E-state index in [2.05, 4.69) is 0 Å². The molecule has 1 aliphatic carbocycles. The zero-order valence-corrected chi connectivity index (χ0v) is 4.52. The average Bonchev–Trinajstić information content (AvgIpc) is 1.77. The smallest absolute Gasteiger partial charge is 0.141 e. The standard InChI is InChI=1S/C6H8FN/c7-5-3-1-2-4-6(5)8/h2,4-5,8H,1,3H2. The first-order valence-corrected chi connectivity index (χ1v) is 2.70. The number of halogens is 1. The molecular weight excluding hydrogens is 105 g/mol. The van der Waals surface area contributed by atoms with Crippen LogP contribution in [0.15, 0.2) is 12.2 Å². The van der Waals surface area contributed by atoms with Crippen LogP contribution < -0.4 is 0 Å². The summed E-state index contributed by atoms with van der Waals surface area (Å²) < 4.78 is 12.3. The molecule has 0 heterocycles. The van der Waals surface area contributed by atoms with Gasteiger partial charge < -0.3 is 5.41 Å². The average molecular weight is 113 g/mol. The van der Waals surface area contributed by atoms with Crippen LogP contribution in [0, 0.1) is 5.41 Å². The predicted octanol–water partition coefficient (Wildman–Crippen LogP) is 1.69. The van der Waals surface area contributed by atoms with Gasteiger partial charge in [0.15, 0.2) is 0 Å². The van der Waals surface area contributed by atoms with Crippen molar-refractivity contribution in [1.29, 1.82) is 5.41 Å². The Labute approximate surface area is 47.7 Å². The fraction of sp³-hybridized carbons (Fsp3) is 0.500. The summed E-state index contributed by atoms with van der Waals surface area (Å²) in [6.45, 7) is 0. The first-order chi connectivity index (χ1) is 3.80. The molecule has 1 aliphatic rings. The van der Waals surface area contributed by atoms with E-state index in [1.807, 2.05) is 6.08 Å². The topological polar surface area (TPSA) is 23.9 Å². The van der Waals surface area contributed by atoms with E-state index in [1.54, 1.807) is 0 Å². The molecule has 1 N–H and O–H groups in total. The number of nitrogens with one attached hydrogen (secondary N) is 1. The highest BCUT2D eigenvalue weighted by Gasteiger charge is 2.11. The first kappa shape index (κ1) is 5.48. The Morgan fingerprint density at radius 3 is 2.88 bits per heavy atom. The molecule has 0 saturated heterocycles. The van der Waals surface area contributed by atoms with Gasteiger partial charge in [0.05, 0.1) is 5.71 Å². The van der Waals surface area contributed by atoms with Crippen molar-refractivity contribution in [3.63, 3.8) is 0 Å². The minimum Gasteiger partial charge on any atom is -0.302 e. The van der Waals surface area contributed by atoms with E-state index in [0.29, 0.717) is 6.42 Å². The summed E-state index contributed by atoms with van der Waals surface area (Å²) in [7, 11) is 0. The van der Waals surface area contributed by atoms with E-state index in [0.717, 1.165) is 6.42 Å². The Balaban J connectivity index is 2.60. The van der Waals surface area contributed by atoms with Crippen molar-refractivity contribution in [2.45, 2.75) is 19.0 Å². The monoisotopic (exact) mass is 113 g/mol. The van der Waals surface area contributed by atoms with E-state index in [9.17, 15) is 4.39 Å². The van der Waals surface area contributed by atoms with Crippen LogP contribution >= 0.6 is 0 Å². The fourth-order valence-electron chi connectivity index (χ4n) is 0.713. The van der Waals surface area contributed by atoms with Crippen molar-refractivity contribution in [1.82, 2.24) is 0 Å². The molecule has 0 spiro atoms. The summed E-state index contributed by atoms with van der Waals surface area (Å²) in [6, 6.07) is 0. The normalized spacial score (nSPS) is 28.6. The third-order valence-corrected chi connectivity index (χ3v) is 1.22. The molecule has 0 fully saturated rings. The number of hydrogen-bond acceptors (Lipinski definition) is 1. The Kier molecular flexibility index (Phi) is 1.42. The number of hydrogen-bond donors (Lipinski definition) is 1. The molecule has 0 aromatic carbocycles. The van der Waals surface area contributed by atoms with Crippen LogP contribution in [-0.4, -0.2) is 11.9 Å². The number of allylic oxidation sites excluding steroid dienone is 2. The zero-order valence-electron chi connectivity index (χ0n) is 4.52. The van der Waals surface area contributed by atoms with E-state index >= 15 is 0 Å². The molecule has 1 unspecified atom stereocenters. The van der Waals surface area contributed by atoms with Gasteiger partial charge in [0, 0.05) is 0 Å². The zero-order chi connectivity index (χ0) is 5.98. The van der Waals surface area contributed by atoms with Crippen LogP contribution in [0.5, 0.6) is 0 Å². The maximum Gasteiger partial charge on any atom is 0.141 e. The Morgan fingerprint density at radius 1 is 1.75 bits per heavy atom. The van der Waals surface area contributed by atoms with E-state index < -0.39 is 6.17 Å². The van der Waals surface area contributed by atoms with Crippen molar-refractivity contribution in [2.24, 2.45) is 0 Å². The maximum absolute atomic E-state index is 12.3. The van der Waals surface area contributed by atoms with Crippen LogP contribution in [0.2, 0.25) is 0 Å². The van der Waals surface area contributed by atoms with Crippen molar-refractivity contribution < 1.29 is 4.39 Å². The van der Waals surface area contributed by atoms with E-state index in [4.69, 9.17) is 5.41 Å². The first-order valence-electron chi connectivity index (χ1n) is 2.70. The molecule has 0 bridgehead atoms. The molecule has 0 radical (unpaired) electrons. The molecule has 1 atom stereocenters. The van der Waals surface area contributed by atoms with Crippen molar-refractivity contribution in [3.05, 3.63) is 12.2 Å². The second-order valence-corrected chi connectivity index (χ2v) is 1.90. The number of alkyl halides is 1. The Hall–Kier alpha value is -0.660. The lowest BCUT2D eigenvalue weighted by molar-refractivity contribution is 0.400. The van der Waals surface area contributed by atoms with Gasteiger partial charge in [-0.3, -0.25) is 0 Å². The molecule has 0 amide bonds. The second-order valence-electron chi connectivity index (χ2n) is 1.90. The molecule has 1 rings (SSSR count). The summed E-state index contributed by atoms with van der Waals surface area (Å²) in [5.74, 6) is 0. The molecule has 0 saturated carbocycles. The molecular formula is C6H8FN. The van der Waals surface area contributed by atoms with Gasteiger partial charge in [-0.05, 0) is 18.9 Å². The second kappa shape index (κ2) is 2.07. The van der Waals surface area contributed by atoms with Gasteiger partial charge in [-0.2, -0.15) is 0 Å². The van der Waals surface area contributed by atoms with E-state index in [-0.39, 0.29) is 5.71 Å². The molecule has 1 nitrogen and oxygen atoms in total. The Morgan fingerprint density at radius 2 is 2.50 bits per heavy atom. The molecule has 0 aromatic heterocycles. The fourth-order valence-corrected chi connectivity index (χ4v) is 0.713. The van der Waals surface area contributed by atoms with Crippen LogP contribution in [0.4, 0.5) is 4.39 Å². The summed E-state index contributed by atoms with van der Waals surface area (Å²) in [5, 5.41) is 6.93. The lowest BCUT2D eigenvalue weighted by Crippen LogP contribution is -2.14. The largest absolute Gasteiger partial charge is 0.302 e. The van der Waals surface area contributed by atoms with Gasteiger partial charge in [0.25, 0.3) is 0 Å². The van der Waals surface area contributed by atoms with Crippen LogP contribution in [0.3, 0.4) is 0 Å². The minimum absolute atomic E-state index is 0.122. The third kappa shape index (κ3) is 0.941. The summed E-state index contributed by atoms with van der Waals surface area (Å²) in [5.41, 5.74) is 0.122. The minimum atomic E-state index is -1.00. The molecule has 0 aliphatic heterocycles. The van der Waals surface area contributed by atoms with Gasteiger partial charge in [-0.1, -0.05) is 6.08 Å². The lowest BCUT2D eigenvalue weighted by Gasteiger charge is -2.08. The SMILES string of the molecule is N=C1C=CCCC1F. The summed E-state index contributed by atoms with van der Waals surface area (Å²) >= 11 is 0.